The number of fused-ring (bicyclic) bond motifs is 2. The molecule has 1 unspecified atom stereocenters. The first-order chi connectivity index (χ1) is 9.67. The normalized spacial score (nSPS) is 17.1. The van der Waals surface area contributed by atoms with E-state index in [2.05, 4.69) is 0 Å². The van der Waals surface area contributed by atoms with E-state index >= 15 is 0 Å². The maximum absolute atomic E-state index is 13.4. The highest BCUT2D eigenvalue weighted by Crippen LogP contribution is 2.44. The van der Waals surface area contributed by atoms with Gasteiger partial charge in [0.2, 0.25) is 0 Å². The average Bonchev–Trinajstić information content (AvgIpc) is 2.56. The average molecular weight is 309 g/mol. The fourth-order valence-corrected chi connectivity index (χ4v) is 3.89. The summed E-state index contributed by atoms with van der Waals surface area (Å²) >= 11 is 8.10. The molecule has 1 atom stereocenters. The van der Waals surface area contributed by atoms with Crippen molar-refractivity contribution in [3.8, 4) is 5.75 Å². The van der Waals surface area contributed by atoms with E-state index in [9.17, 15) is 4.39 Å². The molecule has 1 aliphatic rings. The SMILES string of the molecule is CCOc1ccc2c(c1)C(Cl)Cc1ccc(F)cc1S2. The Hall–Kier alpha value is -1.19. The van der Waals surface area contributed by atoms with Gasteiger partial charge in [-0.15, -0.1) is 11.6 Å². The first kappa shape index (κ1) is 13.8. The van der Waals surface area contributed by atoms with Crippen LogP contribution in [0.5, 0.6) is 5.75 Å². The lowest BCUT2D eigenvalue weighted by Crippen LogP contribution is -1.98. The molecule has 0 bridgehead atoms. The Morgan fingerprint density at radius 1 is 1.25 bits per heavy atom. The van der Waals surface area contributed by atoms with E-state index in [0.717, 1.165) is 26.7 Å². The standard InChI is InChI=1S/C16H14ClFOS/c1-2-19-12-5-6-15-13(9-12)14(17)7-10-3-4-11(18)8-16(10)20-15/h3-6,8-9,14H,2,7H2,1H3. The van der Waals surface area contributed by atoms with Gasteiger partial charge in [0.1, 0.15) is 11.6 Å². The summed E-state index contributed by atoms with van der Waals surface area (Å²) in [5.41, 5.74) is 2.14. The van der Waals surface area contributed by atoms with E-state index in [1.165, 1.54) is 6.07 Å². The molecule has 2 aromatic rings. The van der Waals surface area contributed by atoms with Crippen LogP contribution in [0.2, 0.25) is 0 Å². The van der Waals surface area contributed by atoms with Crippen molar-refractivity contribution < 1.29 is 9.13 Å². The lowest BCUT2D eigenvalue weighted by atomic mass is 10.0. The fourth-order valence-electron chi connectivity index (χ4n) is 2.33. The largest absolute Gasteiger partial charge is 0.494 e. The van der Waals surface area contributed by atoms with E-state index in [1.54, 1.807) is 17.8 Å². The number of hydrogen-bond donors (Lipinski definition) is 0. The minimum absolute atomic E-state index is 0.121. The van der Waals surface area contributed by atoms with Crippen molar-refractivity contribution in [2.75, 3.05) is 6.61 Å². The first-order valence-corrected chi connectivity index (χ1v) is 7.79. The highest BCUT2D eigenvalue weighted by molar-refractivity contribution is 7.99. The van der Waals surface area contributed by atoms with E-state index in [-0.39, 0.29) is 11.2 Å². The van der Waals surface area contributed by atoms with E-state index in [4.69, 9.17) is 16.3 Å². The van der Waals surface area contributed by atoms with Crippen molar-refractivity contribution in [1.29, 1.82) is 0 Å². The number of benzene rings is 2. The molecule has 0 saturated heterocycles. The van der Waals surface area contributed by atoms with Crippen molar-refractivity contribution in [3.05, 3.63) is 53.3 Å². The van der Waals surface area contributed by atoms with Gasteiger partial charge in [-0.1, -0.05) is 17.8 Å². The van der Waals surface area contributed by atoms with Crippen LogP contribution in [0.15, 0.2) is 46.2 Å². The Morgan fingerprint density at radius 2 is 2.10 bits per heavy atom. The molecular formula is C16H14ClFOS. The minimum atomic E-state index is -0.211. The molecule has 0 aliphatic carbocycles. The molecule has 104 valence electrons. The maximum Gasteiger partial charge on any atom is 0.124 e. The van der Waals surface area contributed by atoms with E-state index in [0.29, 0.717) is 13.0 Å². The molecule has 1 heterocycles. The van der Waals surface area contributed by atoms with Gasteiger partial charge in [-0.2, -0.15) is 0 Å². The summed E-state index contributed by atoms with van der Waals surface area (Å²) in [7, 11) is 0. The van der Waals surface area contributed by atoms with E-state index < -0.39 is 0 Å². The van der Waals surface area contributed by atoms with Crippen LogP contribution in [0.4, 0.5) is 4.39 Å². The Labute approximate surface area is 127 Å². The van der Waals surface area contributed by atoms with Crippen LogP contribution in [-0.4, -0.2) is 6.61 Å². The third kappa shape index (κ3) is 2.65. The van der Waals surface area contributed by atoms with Crippen molar-refractivity contribution in [2.24, 2.45) is 0 Å². The number of rotatable bonds is 2. The second-order valence-electron chi connectivity index (χ2n) is 4.66. The van der Waals surface area contributed by atoms with Crippen LogP contribution in [0.1, 0.15) is 23.4 Å². The highest BCUT2D eigenvalue weighted by Gasteiger charge is 2.22. The monoisotopic (exact) mass is 308 g/mol. The van der Waals surface area contributed by atoms with Gasteiger partial charge in [0.05, 0.1) is 12.0 Å². The molecule has 0 radical (unpaired) electrons. The van der Waals surface area contributed by atoms with Crippen molar-refractivity contribution in [2.45, 2.75) is 28.5 Å². The summed E-state index contributed by atoms with van der Waals surface area (Å²) in [6.45, 7) is 2.58. The zero-order chi connectivity index (χ0) is 14.1. The zero-order valence-electron chi connectivity index (χ0n) is 11.0. The van der Waals surface area contributed by atoms with Crippen LogP contribution < -0.4 is 4.74 Å². The fraction of sp³-hybridized carbons (Fsp3) is 0.250. The second-order valence-corrected chi connectivity index (χ2v) is 6.27. The van der Waals surface area contributed by atoms with Crippen LogP contribution in [0, 0.1) is 5.82 Å². The van der Waals surface area contributed by atoms with Gasteiger partial charge in [-0.3, -0.25) is 0 Å². The van der Waals surface area contributed by atoms with Crippen molar-refractivity contribution in [3.63, 3.8) is 0 Å². The van der Waals surface area contributed by atoms with Gasteiger partial charge >= 0.3 is 0 Å². The highest BCUT2D eigenvalue weighted by atomic mass is 35.5. The molecule has 0 saturated carbocycles. The predicted molar refractivity (Wildman–Crippen MR) is 80.4 cm³/mol. The zero-order valence-corrected chi connectivity index (χ0v) is 12.6. The second kappa shape index (κ2) is 5.66. The smallest absolute Gasteiger partial charge is 0.124 e. The summed E-state index contributed by atoms with van der Waals surface area (Å²) in [6, 6.07) is 10.8. The lowest BCUT2D eigenvalue weighted by molar-refractivity contribution is 0.339. The Morgan fingerprint density at radius 3 is 2.90 bits per heavy atom. The Balaban J connectivity index is 2.04. The molecule has 2 aromatic carbocycles. The third-order valence-electron chi connectivity index (χ3n) is 3.28. The Bertz CT molecular complexity index is 644. The molecule has 0 amide bonds. The van der Waals surface area contributed by atoms with Crippen molar-refractivity contribution >= 4 is 23.4 Å². The molecular weight excluding hydrogens is 295 g/mol. The molecule has 0 fully saturated rings. The Kier molecular flexibility index (Phi) is 3.90. The first-order valence-electron chi connectivity index (χ1n) is 6.54. The topological polar surface area (TPSA) is 9.23 Å². The van der Waals surface area contributed by atoms with Gasteiger partial charge in [-0.05, 0) is 54.8 Å². The third-order valence-corrected chi connectivity index (χ3v) is 4.86. The van der Waals surface area contributed by atoms with Gasteiger partial charge in [0.25, 0.3) is 0 Å². The summed E-state index contributed by atoms with van der Waals surface area (Å²) in [5, 5.41) is -0.121. The summed E-state index contributed by atoms with van der Waals surface area (Å²) in [5.74, 6) is 0.617. The molecule has 0 spiro atoms. The summed E-state index contributed by atoms with van der Waals surface area (Å²) in [6.07, 6.45) is 0.701. The quantitative estimate of drug-likeness (QED) is 0.704. The van der Waals surface area contributed by atoms with Crippen LogP contribution in [0.3, 0.4) is 0 Å². The van der Waals surface area contributed by atoms with Gasteiger partial charge < -0.3 is 4.74 Å². The molecule has 0 N–H and O–H groups in total. The minimum Gasteiger partial charge on any atom is -0.494 e. The van der Waals surface area contributed by atoms with Gasteiger partial charge in [0.15, 0.2) is 0 Å². The molecule has 1 aliphatic heterocycles. The summed E-state index contributed by atoms with van der Waals surface area (Å²) < 4.78 is 18.9. The van der Waals surface area contributed by atoms with Crippen molar-refractivity contribution in [1.82, 2.24) is 0 Å². The number of ether oxygens (including phenoxy) is 1. The summed E-state index contributed by atoms with van der Waals surface area (Å²) in [4.78, 5) is 2.01. The number of halogens is 2. The van der Waals surface area contributed by atoms with Crippen LogP contribution >= 0.6 is 23.4 Å². The van der Waals surface area contributed by atoms with Crippen LogP contribution in [-0.2, 0) is 6.42 Å². The molecule has 0 aromatic heterocycles. The molecule has 3 rings (SSSR count). The predicted octanol–water partition coefficient (Wildman–Crippen LogP) is 5.21. The number of alkyl halides is 1. The maximum atomic E-state index is 13.4. The molecule has 4 heteroatoms. The van der Waals surface area contributed by atoms with Gasteiger partial charge in [0, 0.05) is 9.79 Å². The lowest BCUT2D eigenvalue weighted by Gasteiger charge is -2.12. The molecule has 20 heavy (non-hydrogen) atoms. The van der Waals surface area contributed by atoms with Crippen LogP contribution in [0.25, 0.3) is 0 Å². The van der Waals surface area contributed by atoms with Gasteiger partial charge in [-0.25, -0.2) is 4.39 Å². The molecule has 1 nitrogen and oxygen atoms in total. The number of hydrogen-bond acceptors (Lipinski definition) is 2. The van der Waals surface area contributed by atoms with E-state index in [1.807, 2.05) is 31.2 Å².